The lowest BCUT2D eigenvalue weighted by Gasteiger charge is -2.08. The Morgan fingerprint density at radius 1 is 1.45 bits per heavy atom. The highest BCUT2D eigenvalue weighted by Crippen LogP contribution is 2.20. The lowest BCUT2D eigenvalue weighted by atomic mass is 9.99. The number of allylic oxidation sites excluding steroid dienone is 1. The van der Waals surface area contributed by atoms with Crippen LogP contribution in [0, 0.1) is 11.7 Å². The predicted octanol–water partition coefficient (Wildman–Crippen LogP) is 4.50. The van der Waals surface area contributed by atoms with Crippen LogP contribution in [0.3, 0.4) is 0 Å². The fourth-order valence-corrected chi connectivity index (χ4v) is 3.01. The van der Waals surface area contributed by atoms with E-state index in [1.807, 2.05) is 0 Å². The van der Waals surface area contributed by atoms with Gasteiger partial charge in [-0.3, -0.25) is 0 Å². The molecule has 1 saturated heterocycles. The van der Waals surface area contributed by atoms with Gasteiger partial charge >= 0.3 is 0 Å². The van der Waals surface area contributed by atoms with E-state index >= 15 is 0 Å². The van der Waals surface area contributed by atoms with Crippen molar-refractivity contribution in [2.24, 2.45) is 11.7 Å². The summed E-state index contributed by atoms with van der Waals surface area (Å²) in [5.41, 5.74) is 7.81. The van der Waals surface area contributed by atoms with Crippen molar-refractivity contribution in [1.29, 1.82) is 0 Å². The summed E-state index contributed by atoms with van der Waals surface area (Å²) in [4.78, 5) is 0. The minimum Gasteiger partial charge on any atom is -0.381 e. The fourth-order valence-electron chi connectivity index (χ4n) is 2.85. The molecule has 0 aliphatic carbocycles. The zero-order valence-corrected chi connectivity index (χ0v) is 13.7. The Labute approximate surface area is 137 Å². The zero-order valence-electron chi connectivity index (χ0n) is 13.0. The number of hydrogen-bond acceptors (Lipinski definition) is 2. The third kappa shape index (κ3) is 5.71. The predicted molar refractivity (Wildman–Crippen MR) is 89.6 cm³/mol. The van der Waals surface area contributed by atoms with Crippen LogP contribution < -0.4 is 5.73 Å². The van der Waals surface area contributed by atoms with E-state index in [0.29, 0.717) is 17.5 Å². The topological polar surface area (TPSA) is 35.2 Å². The summed E-state index contributed by atoms with van der Waals surface area (Å²) in [7, 11) is 0. The van der Waals surface area contributed by atoms with Crippen LogP contribution in [0.15, 0.2) is 29.8 Å². The molecule has 0 spiro atoms. The minimum atomic E-state index is -0.216. The van der Waals surface area contributed by atoms with Gasteiger partial charge < -0.3 is 10.5 Å². The first-order valence-electron chi connectivity index (χ1n) is 8.08. The van der Waals surface area contributed by atoms with Crippen LogP contribution in [0.25, 0.3) is 0 Å². The van der Waals surface area contributed by atoms with E-state index in [4.69, 9.17) is 22.1 Å². The largest absolute Gasteiger partial charge is 0.381 e. The van der Waals surface area contributed by atoms with Crippen molar-refractivity contribution in [2.75, 3.05) is 19.8 Å². The highest BCUT2D eigenvalue weighted by atomic mass is 35.5. The molecule has 0 saturated carbocycles. The Morgan fingerprint density at radius 2 is 2.32 bits per heavy atom. The third-order valence-corrected chi connectivity index (χ3v) is 4.49. The molecule has 22 heavy (non-hydrogen) atoms. The number of rotatable bonds is 8. The maximum absolute atomic E-state index is 13.7. The SMILES string of the molecule is NC/C(=C\CCC1CCOC1)CCCc1ccc(Cl)cc1F. The molecule has 4 heteroatoms. The normalized spacial score (nSPS) is 18.9. The van der Waals surface area contributed by atoms with Crippen molar-refractivity contribution in [3.63, 3.8) is 0 Å². The van der Waals surface area contributed by atoms with Crippen LogP contribution in [-0.2, 0) is 11.2 Å². The third-order valence-electron chi connectivity index (χ3n) is 4.25. The molecule has 1 heterocycles. The Balaban J connectivity index is 1.72. The van der Waals surface area contributed by atoms with Gasteiger partial charge in [0.1, 0.15) is 5.82 Å². The summed E-state index contributed by atoms with van der Waals surface area (Å²) >= 11 is 5.76. The van der Waals surface area contributed by atoms with Gasteiger partial charge in [-0.25, -0.2) is 4.39 Å². The molecule has 2 N–H and O–H groups in total. The van der Waals surface area contributed by atoms with Gasteiger partial charge in [-0.2, -0.15) is 0 Å². The highest BCUT2D eigenvalue weighted by molar-refractivity contribution is 6.30. The van der Waals surface area contributed by atoms with Crippen LogP contribution >= 0.6 is 11.6 Å². The van der Waals surface area contributed by atoms with E-state index in [1.165, 1.54) is 24.5 Å². The number of ether oxygens (including phenoxy) is 1. The van der Waals surface area contributed by atoms with Crippen LogP contribution in [0.1, 0.15) is 37.7 Å². The molecule has 1 unspecified atom stereocenters. The van der Waals surface area contributed by atoms with Crippen LogP contribution in [0.4, 0.5) is 4.39 Å². The maximum Gasteiger partial charge on any atom is 0.127 e. The van der Waals surface area contributed by atoms with Crippen LogP contribution in [0.2, 0.25) is 5.02 Å². The smallest absolute Gasteiger partial charge is 0.127 e. The lowest BCUT2D eigenvalue weighted by molar-refractivity contribution is 0.184. The average molecular weight is 326 g/mol. The second kappa shape index (κ2) is 9.29. The highest BCUT2D eigenvalue weighted by Gasteiger charge is 2.14. The van der Waals surface area contributed by atoms with E-state index < -0.39 is 0 Å². The monoisotopic (exact) mass is 325 g/mol. The summed E-state index contributed by atoms with van der Waals surface area (Å²) in [6, 6.07) is 4.88. The summed E-state index contributed by atoms with van der Waals surface area (Å²) < 4.78 is 19.1. The average Bonchev–Trinajstić information content (AvgIpc) is 3.01. The zero-order chi connectivity index (χ0) is 15.8. The Bertz CT molecular complexity index is 498. The summed E-state index contributed by atoms with van der Waals surface area (Å²) in [6.07, 6.45) is 8.24. The molecule has 1 aliphatic heterocycles. The van der Waals surface area contributed by atoms with Gasteiger partial charge in [-0.1, -0.05) is 29.3 Å². The van der Waals surface area contributed by atoms with E-state index in [9.17, 15) is 4.39 Å². The van der Waals surface area contributed by atoms with Crippen LogP contribution in [-0.4, -0.2) is 19.8 Å². The Morgan fingerprint density at radius 3 is 3.00 bits per heavy atom. The lowest BCUT2D eigenvalue weighted by Crippen LogP contribution is -2.05. The first kappa shape index (κ1) is 17.5. The molecule has 1 atom stereocenters. The molecule has 0 aromatic heterocycles. The van der Waals surface area contributed by atoms with Gasteiger partial charge in [0.25, 0.3) is 0 Å². The van der Waals surface area contributed by atoms with E-state index in [2.05, 4.69) is 6.08 Å². The van der Waals surface area contributed by atoms with Gasteiger partial charge in [0.05, 0.1) is 0 Å². The number of hydrogen-bond donors (Lipinski definition) is 1. The molecule has 0 bridgehead atoms. The molecular weight excluding hydrogens is 301 g/mol. The minimum absolute atomic E-state index is 0.216. The van der Waals surface area contributed by atoms with Gasteiger partial charge in [0.15, 0.2) is 0 Å². The molecule has 1 fully saturated rings. The number of halogens is 2. The van der Waals surface area contributed by atoms with Gasteiger partial charge in [-0.05, 0) is 62.1 Å². The molecule has 2 nitrogen and oxygen atoms in total. The number of nitrogens with two attached hydrogens (primary N) is 1. The van der Waals surface area contributed by atoms with Gasteiger partial charge in [-0.15, -0.1) is 0 Å². The second-order valence-corrected chi connectivity index (χ2v) is 6.40. The van der Waals surface area contributed by atoms with Crippen molar-refractivity contribution in [3.8, 4) is 0 Å². The summed E-state index contributed by atoms with van der Waals surface area (Å²) in [5.74, 6) is 0.491. The standard InChI is InChI=1S/C18H25ClFNO/c19-17-8-7-16(18(20)11-17)6-2-4-14(12-21)3-1-5-15-9-10-22-13-15/h3,7-8,11,15H,1-2,4-6,9-10,12-13,21H2/b14-3-. The first-order chi connectivity index (χ1) is 10.7. The van der Waals surface area contributed by atoms with Crippen molar-refractivity contribution >= 4 is 11.6 Å². The summed E-state index contributed by atoms with van der Waals surface area (Å²) in [6.45, 7) is 2.40. The Hall–Kier alpha value is -0.900. The molecule has 2 rings (SSSR count). The molecule has 1 aromatic carbocycles. The van der Waals surface area contributed by atoms with Crippen molar-refractivity contribution < 1.29 is 9.13 Å². The molecule has 1 aromatic rings. The fraction of sp³-hybridized carbons (Fsp3) is 0.556. The van der Waals surface area contributed by atoms with Crippen molar-refractivity contribution in [3.05, 3.63) is 46.3 Å². The van der Waals surface area contributed by atoms with E-state index in [-0.39, 0.29) is 5.82 Å². The van der Waals surface area contributed by atoms with E-state index in [0.717, 1.165) is 44.5 Å². The second-order valence-electron chi connectivity index (χ2n) is 5.96. The number of aryl methyl sites for hydroxylation is 1. The molecule has 1 aliphatic rings. The van der Waals surface area contributed by atoms with Gasteiger partial charge in [0.2, 0.25) is 0 Å². The van der Waals surface area contributed by atoms with Crippen molar-refractivity contribution in [1.82, 2.24) is 0 Å². The first-order valence-corrected chi connectivity index (χ1v) is 8.46. The summed E-state index contributed by atoms with van der Waals surface area (Å²) in [5, 5.41) is 0.444. The number of benzene rings is 1. The molecular formula is C18H25ClFNO. The van der Waals surface area contributed by atoms with E-state index in [1.54, 1.807) is 12.1 Å². The Kier molecular flexibility index (Phi) is 7.37. The molecule has 0 radical (unpaired) electrons. The molecule has 0 amide bonds. The van der Waals surface area contributed by atoms with Gasteiger partial charge in [0, 0.05) is 24.8 Å². The molecule has 122 valence electrons. The van der Waals surface area contributed by atoms with Crippen LogP contribution in [0.5, 0.6) is 0 Å². The van der Waals surface area contributed by atoms with Crippen molar-refractivity contribution in [2.45, 2.75) is 38.5 Å². The maximum atomic E-state index is 13.7. The quantitative estimate of drug-likeness (QED) is 0.714.